The molecule has 1 heterocycles. The van der Waals surface area contributed by atoms with Crippen LogP contribution in [0.1, 0.15) is 30.0 Å². The Bertz CT molecular complexity index is 739. The number of hydrogen-bond donors (Lipinski definition) is 2. The summed E-state index contributed by atoms with van der Waals surface area (Å²) in [4.78, 5) is -0.108. The number of nitrogens with one attached hydrogen (secondary N) is 1. The Labute approximate surface area is 122 Å². The third-order valence-electron chi connectivity index (χ3n) is 3.02. The Balaban J connectivity index is 2.26. The fourth-order valence-corrected chi connectivity index (χ4v) is 3.15. The zero-order valence-corrected chi connectivity index (χ0v) is 12.4. The highest BCUT2D eigenvalue weighted by atomic mass is 32.2. The summed E-state index contributed by atoms with van der Waals surface area (Å²) in [5.74, 6) is 0.520. The summed E-state index contributed by atoms with van der Waals surface area (Å²) >= 11 is 0. The van der Waals surface area contributed by atoms with Gasteiger partial charge in [-0.2, -0.15) is 0 Å². The van der Waals surface area contributed by atoms with Crippen molar-refractivity contribution in [3.8, 4) is 0 Å². The fraction of sp³-hybridized carbons (Fsp3) is 0.286. The molecule has 0 bridgehead atoms. The van der Waals surface area contributed by atoms with Crippen LogP contribution in [-0.2, 0) is 16.6 Å². The average molecular weight is 313 g/mol. The minimum atomic E-state index is -3.84. The van der Waals surface area contributed by atoms with E-state index >= 15 is 0 Å². The van der Waals surface area contributed by atoms with Crippen molar-refractivity contribution in [2.75, 3.05) is 0 Å². The van der Waals surface area contributed by atoms with E-state index in [1.165, 1.54) is 0 Å². The third-order valence-corrected chi connectivity index (χ3v) is 4.56. The summed E-state index contributed by atoms with van der Waals surface area (Å²) in [6.07, 6.45) is 0. The van der Waals surface area contributed by atoms with Crippen molar-refractivity contribution < 1.29 is 22.3 Å². The molecule has 1 unspecified atom stereocenters. The van der Waals surface area contributed by atoms with Crippen molar-refractivity contribution in [2.24, 2.45) is 0 Å². The van der Waals surface area contributed by atoms with E-state index in [0.29, 0.717) is 11.5 Å². The molecule has 1 aromatic heterocycles. The van der Waals surface area contributed by atoms with Crippen LogP contribution in [0.2, 0.25) is 0 Å². The fourth-order valence-electron chi connectivity index (χ4n) is 1.88. The summed E-state index contributed by atoms with van der Waals surface area (Å²) in [5, 5.41) is 9.00. The smallest absolute Gasteiger partial charge is 0.241 e. The minimum Gasteiger partial charge on any atom is -0.465 e. The van der Waals surface area contributed by atoms with E-state index in [1.54, 1.807) is 26.0 Å². The summed E-state index contributed by atoms with van der Waals surface area (Å²) < 4.78 is 45.6. The number of aliphatic hydroxyl groups is 1. The zero-order chi connectivity index (χ0) is 15.6. The van der Waals surface area contributed by atoms with Gasteiger partial charge in [-0.05, 0) is 44.2 Å². The van der Waals surface area contributed by atoms with Crippen LogP contribution in [0.5, 0.6) is 0 Å². The molecule has 0 fully saturated rings. The Morgan fingerprint density at radius 3 is 2.62 bits per heavy atom. The molecule has 0 radical (unpaired) electrons. The molecule has 0 aliphatic heterocycles. The van der Waals surface area contributed by atoms with E-state index < -0.39 is 28.5 Å². The van der Waals surface area contributed by atoms with Crippen LogP contribution < -0.4 is 4.72 Å². The lowest BCUT2D eigenvalue weighted by molar-refractivity contribution is 0.275. The van der Waals surface area contributed by atoms with Gasteiger partial charge < -0.3 is 9.52 Å². The molecular formula is C14H16FNO4S. The van der Waals surface area contributed by atoms with E-state index in [1.807, 2.05) is 0 Å². The van der Waals surface area contributed by atoms with Gasteiger partial charge >= 0.3 is 0 Å². The van der Waals surface area contributed by atoms with Gasteiger partial charge in [0.1, 0.15) is 17.3 Å². The van der Waals surface area contributed by atoms with Crippen molar-refractivity contribution in [2.45, 2.75) is 31.4 Å². The quantitative estimate of drug-likeness (QED) is 0.887. The summed E-state index contributed by atoms with van der Waals surface area (Å²) in [6.45, 7) is 2.84. The van der Waals surface area contributed by atoms with Gasteiger partial charge in [0.05, 0.1) is 17.5 Å². The van der Waals surface area contributed by atoms with Crippen LogP contribution in [0.3, 0.4) is 0 Å². The third kappa shape index (κ3) is 3.49. The van der Waals surface area contributed by atoms with Gasteiger partial charge in [-0.1, -0.05) is 0 Å². The molecule has 2 aromatic rings. The largest absolute Gasteiger partial charge is 0.465 e. The second-order valence-electron chi connectivity index (χ2n) is 4.70. The maximum absolute atomic E-state index is 13.3. The van der Waals surface area contributed by atoms with Crippen molar-refractivity contribution in [1.82, 2.24) is 4.72 Å². The maximum Gasteiger partial charge on any atom is 0.241 e. The SMILES string of the molecule is Cc1ccc(C(C)NS(=O)(=O)c2ccc(F)c(CO)c2)o1. The van der Waals surface area contributed by atoms with Crippen LogP contribution >= 0.6 is 0 Å². The van der Waals surface area contributed by atoms with Crippen LogP contribution in [0.25, 0.3) is 0 Å². The molecule has 0 spiro atoms. The second-order valence-corrected chi connectivity index (χ2v) is 6.42. The lowest BCUT2D eigenvalue weighted by atomic mass is 10.2. The molecule has 0 saturated heterocycles. The van der Waals surface area contributed by atoms with Crippen molar-refractivity contribution >= 4 is 10.0 Å². The summed E-state index contributed by atoms with van der Waals surface area (Å²) in [7, 11) is -3.84. The molecule has 21 heavy (non-hydrogen) atoms. The van der Waals surface area contributed by atoms with Crippen LogP contribution in [0.15, 0.2) is 39.6 Å². The lowest BCUT2D eigenvalue weighted by Crippen LogP contribution is -2.26. The molecule has 7 heteroatoms. The number of aryl methyl sites for hydroxylation is 1. The Morgan fingerprint density at radius 1 is 1.33 bits per heavy atom. The van der Waals surface area contributed by atoms with Gasteiger partial charge in [0.25, 0.3) is 0 Å². The number of furan rings is 1. The van der Waals surface area contributed by atoms with E-state index in [-0.39, 0.29) is 10.5 Å². The van der Waals surface area contributed by atoms with Gasteiger partial charge in [-0.15, -0.1) is 0 Å². The Kier molecular flexibility index (Phi) is 4.46. The van der Waals surface area contributed by atoms with Crippen molar-refractivity contribution in [3.63, 3.8) is 0 Å². The predicted octanol–water partition coefficient (Wildman–Crippen LogP) is 2.26. The molecule has 1 aromatic carbocycles. The molecule has 0 amide bonds. The van der Waals surface area contributed by atoms with E-state index in [2.05, 4.69) is 4.72 Å². The topological polar surface area (TPSA) is 79.5 Å². The highest BCUT2D eigenvalue weighted by Crippen LogP contribution is 2.20. The molecular weight excluding hydrogens is 297 g/mol. The second kappa shape index (κ2) is 5.97. The zero-order valence-electron chi connectivity index (χ0n) is 11.6. The first kappa shape index (κ1) is 15.7. The monoisotopic (exact) mass is 313 g/mol. The van der Waals surface area contributed by atoms with Gasteiger partial charge in [0, 0.05) is 5.56 Å². The van der Waals surface area contributed by atoms with Gasteiger partial charge in [0.2, 0.25) is 10.0 Å². The molecule has 5 nitrogen and oxygen atoms in total. The lowest BCUT2D eigenvalue weighted by Gasteiger charge is -2.13. The van der Waals surface area contributed by atoms with Crippen molar-refractivity contribution in [1.29, 1.82) is 0 Å². The molecule has 0 aliphatic rings. The predicted molar refractivity (Wildman–Crippen MR) is 74.5 cm³/mol. The molecule has 2 N–H and O–H groups in total. The normalized spacial score (nSPS) is 13.3. The van der Waals surface area contributed by atoms with Crippen molar-refractivity contribution in [3.05, 3.63) is 53.2 Å². The summed E-state index contributed by atoms with van der Waals surface area (Å²) in [5.41, 5.74) is -0.0700. The Morgan fingerprint density at radius 2 is 2.05 bits per heavy atom. The maximum atomic E-state index is 13.3. The molecule has 0 saturated carbocycles. The molecule has 1 atom stereocenters. The van der Waals surface area contributed by atoms with Gasteiger partial charge in [-0.3, -0.25) is 0 Å². The number of rotatable bonds is 5. The first-order valence-electron chi connectivity index (χ1n) is 6.31. The number of aliphatic hydroxyl groups excluding tert-OH is 1. The first-order chi connectivity index (χ1) is 9.83. The molecule has 0 aliphatic carbocycles. The average Bonchev–Trinajstić information content (AvgIpc) is 2.85. The van der Waals surface area contributed by atoms with E-state index in [9.17, 15) is 12.8 Å². The minimum absolute atomic E-state index is 0.0700. The standard InChI is InChI=1S/C14H16FNO4S/c1-9-3-6-14(20-9)10(2)16-21(18,19)12-4-5-13(15)11(7-12)8-17/h3-7,10,16-17H,8H2,1-2H3. The highest BCUT2D eigenvalue weighted by Gasteiger charge is 2.21. The van der Waals surface area contributed by atoms with Gasteiger partial charge in [-0.25, -0.2) is 17.5 Å². The molecule has 2 rings (SSSR count). The first-order valence-corrected chi connectivity index (χ1v) is 7.80. The van der Waals surface area contributed by atoms with Crippen LogP contribution in [0, 0.1) is 12.7 Å². The number of sulfonamides is 1. The van der Waals surface area contributed by atoms with Crippen LogP contribution in [-0.4, -0.2) is 13.5 Å². The van der Waals surface area contributed by atoms with E-state index in [0.717, 1.165) is 18.2 Å². The van der Waals surface area contributed by atoms with Gasteiger partial charge in [0.15, 0.2) is 0 Å². The highest BCUT2D eigenvalue weighted by molar-refractivity contribution is 7.89. The number of benzene rings is 1. The summed E-state index contributed by atoms with van der Waals surface area (Å²) in [6, 6.07) is 6.14. The number of hydrogen-bond acceptors (Lipinski definition) is 4. The Hall–Kier alpha value is -1.70. The number of halogens is 1. The van der Waals surface area contributed by atoms with E-state index in [4.69, 9.17) is 9.52 Å². The van der Waals surface area contributed by atoms with Crippen LogP contribution in [0.4, 0.5) is 4.39 Å². The molecule has 114 valence electrons.